The molecule has 1 aromatic heterocycles. The highest BCUT2D eigenvalue weighted by molar-refractivity contribution is 5.91. The molecule has 0 unspecified atom stereocenters. The molecule has 5 nitrogen and oxygen atoms in total. The quantitative estimate of drug-likeness (QED) is 0.842. The first-order valence-electron chi connectivity index (χ1n) is 7.83. The minimum Gasteiger partial charge on any atom is -0.455 e. The normalized spacial score (nSPS) is 17.9. The number of likely N-dealkylation sites (tertiary alicyclic amines) is 1. The van der Waals surface area contributed by atoms with Crippen LogP contribution in [0.5, 0.6) is 0 Å². The molecule has 5 heteroatoms. The maximum atomic E-state index is 12.1. The summed E-state index contributed by atoms with van der Waals surface area (Å²) in [6.07, 6.45) is 3.78. The van der Waals surface area contributed by atoms with Gasteiger partial charge in [0.15, 0.2) is 5.76 Å². The molecule has 1 aliphatic heterocycles. The first kappa shape index (κ1) is 16.0. The fourth-order valence-electron chi connectivity index (χ4n) is 2.59. The van der Waals surface area contributed by atoms with E-state index in [-0.39, 0.29) is 24.5 Å². The SMILES string of the molecule is CC(C)[C@@H](CO)NC(=O)c1ccc(CN2CCCCC2)o1. The number of carbonyl (C=O) groups is 1. The number of hydrogen-bond acceptors (Lipinski definition) is 4. The highest BCUT2D eigenvalue weighted by Gasteiger charge is 2.19. The van der Waals surface area contributed by atoms with Gasteiger partial charge in [0.2, 0.25) is 0 Å². The Kier molecular flexibility index (Phi) is 5.82. The lowest BCUT2D eigenvalue weighted by molar-refractivity contribution is 0.0864. The second kappa shape index (κ2) is 7.61. The molecule has 21 heavy (non-hydrogen) atoms. The van der Waals surface area contributed by atoms with E-state index < -0.39 is 0 Å². The fraction of sp³-hybridized carbons (Fsp3) is 0.688. The monoisotopic (exact) mass is 294 g/mol. The average molecular weight is 294 g/mol. The van der Waals surface area contributed by atoms with Gasteiger partial charge in [0, 0.05) is 0 Å². The van der Waals surface area contributed by atoms with Crippen molar-refractivity contribution in [2.75, 3.05) is 19.7 Å². The molecular weight excluding hydrogens is 268 g/mol. The molecule has 2 rings (SSSR count). The summed E-state index contributed by atoms with van der Waals surface area (Å²) in [6.45, 7) is 6.83. The highest BCUT2D eigenvalue weighted by atomic mass is 16.4. The summed E-state index contributed by atoms with van der Waals surface area (Å²) in [5.41, 5.74) is 0. The van der Waals surface area contributed by atoms with Crippen molar-refractivity contribution in [3.05, 3.63) is 23.7 Å². The lowest BCUT2D eigenvalue weighted by Gasteiger charge is -2.25. The minimum absolute atomic E-state index is 0.0647. The molecule has 1 aliphatic rings. The third-order valence-electron chi connectivity index (χ3n) is 4.03. The van der Waals surface area contributed by atoms with Crippen molar-refractivity contribution in [2.45, 2.75) is 45.7 Å². The van der Waals surface area contributed by atoms with E-state index in [1.54, 1.807) is 6.07 Å². The zero-order chi connectivity index (χ0) is 15.2. The van der Waals surface area contributed by atoms with Gasteiger partial charge in [-0.3, -0.25) is 9.69 Å². The molecule has 0 radical (unpaired) electrons. The predicted molar refractivity (Wildman–Crippen MR) is 81.0 cm³/mol. The van der Waals surface area contributed by atoms with E-state index in [4.69, 9.17) is 4.42 Å². The number of carbonyl (C=O) groups excluding carboxylic acids is 1. The van der Waals surface area contributed by atoms with E-state index in [9.17, 15) is 9.90 Å². The number of nitrogens with zero attached hydrogens (tertiary/aromatic N) is 1. The standard InChI is InChI=1S/C16H26N2O3/c1-12(2)14(11-19)17-16(20)15-7-6-13(21-15)10-18-8-4-3-5-9-18/h6-7,12,14,19H,3-5,8-11H2,1-2H3,(H,17,20)/t14-/m1/s1. The number of hydrogen-bond donors (Lipinski definition) is 2. The van der Waals surface area contributed by atoms with Crippen LogP contribution in [0.25, 0.3) is 0 Å². The number of nitrogens with one attached hydrogen (secondary N) is 1. The van der Waals surface area contributed by atoms with E-state index in [1.807, 2.05) is 19.9 Å². The van der Waals surface area contributed by atoms with Crippen LogP contribution in [-0.4, -0.2) is 41.7 Å². The van der Waals surface area contributed by atoms with Gasteiger partial charge in [0.25, 0.3) is 5.91 Å². The zero-order valence-corrected chi connectivity index (χ0v) is 13.0. The number of rotatable bonds is 6. The lowest BCUT2D eigenvalue weighted by Crippen LogP contribution is -2.41. The van der Waals surface area contributed by atoms with Crippen molar-refractivity contribution in [1.82, 2.24) is 10.2 Å². The van der Waals surface area contributed by atoms with Crippen molar-refractivity contribution in [3.8, 4) is 0 Å². The van der Waals surface area contributed by atoms with Gasteiger partial charge in [-0.15, -0.1) is 0 Å². The van der Waals surface area contributed by atoms with E-state index in [2.05, 4.69) is 10.2 Å². The first-order valence-corrected chi connectivity index (χ1v) is 7.83. The van der Waals surface area contributed by atoms with Crippen LogP contribution in [0.4, 0.5) is 0 Å². The molecular formula is C16H26N2O3. The van der Waals surface area contributed by atoms with E-state index >= 15 is 0 Å². The Labute approximate surface area is 126 Å². The van der Waals surface area contributed by atoms with Gasteiger partial charge in [-0.1, -0.05) is 20.3 Å². The molecule has 1 fully saturated rings. The van der Waals surface area contributed by atoms with Gasteiger partial charge in [-0.2, -0.15) is 0 Å². The smallest absolute Gasteiger partial charge is 0.287 e. The molecule has 0 bridgehead atoms. The summed E-state index contributed by atoms with van der Waals surface area (Å²) in [5.74, 6) is 1.07. The van der Waals surface area contributed by atoms with Crippen LogP contribution < -0.4 is 5.32 Å². The molecule has 1 atom stereocenters. The Morgan fingerprint density at radius 1 is 1.33 bits per heavy atom. The number of aliphatic hydroxyl groups is 1. The van der Waals surface area contributed by atoms with Gasteiger partial charge in [-0.05, 0) is 44.0 Å². The molecule has 1 amide bonds. The van der Waals surface area contributed by atoms with Gasteiger partial charge in [-0.25, -0.2) is 0 Å². The van der Waals surface area contributed by atoms with Gasteiger partial charge in [0.1, 0.15) is 5.76 Å². The van der Waals surface area contributed by atoms with Crippen molar-refractivity contribution in [2.24, 2.45) is 5.92 Å². The van der Waals surface area contributed by atoms with Crippen molar-refractivity contribution in [3.63, 3.8) is 0 Å². The Hall–Kier alpha value is -1.33. The maximum Gasteiger partial charge on any atom is 0.287 e. The summed E-state index contributed by atoms with van der Waals surface area (Å²) in [6, 6.07) is 3.34. The summed E-state index contributed by atoms with van der Waals surface area (Å²) < 4.78 is 5.64. The van der Waals surface area contributed by atoms with Crippen LogP contribution in [-0.2, 0) is 6.54 Å². The fourth-order valence-corrected chi connectivity index (χ4v) is 2.59. The topological polar surface area (TPSA) is 65.7 Å². The number of furan rings is 1. The van der Waals surface area contributed by atoms with Crippen LogP contribution >= 0.6 is 0 Å². The largest absolute Gasteiger partial charge is 0.455 e. The van der Waals surface area contributed by atoms with Crippen LogP contribution in [0.1, 0.15) is 49.4 Å². The Bertz CT molecular complexity index is 450. The lowest BCUT2D eigenvalue weighted by atomic mass is 10.1. The second-order valence-electron chi connectivity index (χ2n) is 6.11. The predicted octanol–water partition coefficient (Wildman–Crippen LogP) is 2.01. The Morgan fingerprint density at radius 2 is 2.05 bits per heavy atom. The van der Waals surface area contributed by atoms with Crippen molar-refractivity contribution < 1.29 is 14.3 Å². The molecule has 2 N–H and O–H groups in total. The third kappa shape index (κ3) is 4.58. The zero-order valence-electron chi connectivity index (χ0n) is 13.0. The molecule has 0 saturated carbocycles. The Morgan fingerprint density at radius 3 is 2.67 bits per heavy atom. The van der Waals surface area contributed by atoms with Crippen LogP contribution in [0, 0.1) is 5.92 Å². The summed E-state index contributed by atoms with van der Waals surface area (Å²) in [7, 11) is 0. The molecule has 0 aromatic carbocycles. The van der Waals surface area contributed by atoms with E-state index in [0.29, 0.717) is 5.76 Å². The summed E-state index contributed by atoms with van der Waals surface area (Å²) in [5, 5.41) is 12.1. The minimum atomic E-state index is -0.257. The van der Waals surface area contributed by atoms with Gasteiger partial charge in [0.05, 0.1) is 19.2 Å². The first-order chi connectivity index (χ1) is 10.1. The molecule has 0 spiro atoms. The average Bonchev–Trinajstić information content (AvgIpc) is 2.94. The molecule has 1 aromatic rings. The number of piperidine rings is 1. The molecule has 118 valence electrons. The molecule has 1 saturated heterocycles. The molecule has 2 heterocycles. The van der Waals surface area contributed by atoms with Crippen LogP contribution in [0.3, 0.4) is 0 Å². The van der Waals surface area contributed by atoms with E-state index in [1.165, 1.54) is 19.3 Å². The van der Waals surface area contributed by atoms with Gasteiger partial charge >= 0.3 is 0 Å². The number of amides is 1. The Balaban J connectivity index is 1.90. The highest BCUT2D eigenvalue weighted by Crippen LogP contribution is 2.15. The third-order valence-corrected chi connectivity index (χ3v) is 4.03. The second-order valence-corrected chi connectivity index (χ2v) is 6.11. The van der Waals surface area contributed by atoms with Crippen LogP contribution in [0.15, 0.2) is 16.5 Å². The van der Waals surface area contributed by atoms with E-state index in [0.717, 1.165) is 25.4 Å². The summed E-state index contributed by atoms with van der Waals surface area (Å²) in [4.78, 5) is 14.5. The maximum absolute atomic E-state index is 12.1. The van der Waals surface area contributed by atoms with Gasteiger partial charge < -0.3 is 14.8 Å². The molecule has 0 aliphatic carbocycles. The number of aliphatic hydroxyl groups excluding tert-OH is 1. The van der Waals surface area contributed by atoms with Crippen LogP contribution in [0.2, 0.25) is 0 Å². The van der Waals surface area contributed by atoms with Crippen molar-refractivity contribution in [1.29, 1.82) is 0 Å². The summed E-state index contributed by atoms with van der Waals surface area (Å²) >= 11 is 0. The van der Waals surface area contributed by atoms with Crippen molar-refractivity contribution >= 4 is 5.91 Å².